The molecular formula is C20H25N5O. The summed E-state index contributed by atoms with van der Waals surface area (Å²) in [6.07, 6.45) is 10.0. The van der Waals surface area contributed by atoms with Crippen molar-refractivity contribution >= 4 is 5.91 Å². The molecule has 26 heavy (non-hydrogen) atoms. The Kier molecular flexibility index (Phi) is 4.93. The third-order valence-electron chi connectivity index (χ3n) is 5.44. The molecule has 1 amide bonds. The van der Waals surface area contributed by atoms with Crippen LogP contribution < -0.4 is 0 Å². The largest absolute Gasteiger partial charge is 0.338 e. The first-order valence-electron chi connectivity index (χ1n) is 9.44. The zero-order valence-corrected chi connectivity index (χ0v) is 15.3. The van der Waals surface area contributed by atoms with Gasteiger partial charge in [-0.25, -0.2) is 9.97 Å². The summed E-state index contributed by atoms with van der Waals surface area (Å²) in [5, 5.41) is 0. The third-order valence-corrected chi connectivity index (χ3v) is 5.44. The van der Waals surface area contributed by atoms with E-state index in [9.17, 15) is 4.79 Å². The molecule has 0 spiro atoms. The maximum absolute atomic E-state index is 11.6. The van der Waals surface area contributed by atoms with Crippen molar-refractivity contribution in [2.45, 2.75) is 51.7 Å². The highest BCUT2D eigenvalue weighted by Crippen LogP contribution is 2.31. The smallest absolute Gasteiger partial charge is 0.219 e. The van der Waals surface area contributed by atoms with E-state index in [1.165, 1.54) is 18.4 Å². The first-order chi connectivity index (χ1) is 12.7. The molecule has 2 aromatic rings. The minimum atomic E-state index is 0.121. The van der Waals surface area contributed by atoms with Gasteiger partial charge in [0, 0.05) is 57.1 Å². The van der Waals surface area contributed by atoms with E-state index in [-0.39, 0.29) is 11.9 Å². The van der Waals surface area contributed by atoms with Gasteiger partial charge in [-0.05, 0) is 37.1 Å². The van der Waals surface area contributed by atoms with Gasteiger partial charge in [0.15, 0.2) is 0 Å². The van der Waals surface area contributed by atoms with Crippen molar-refractivity contribution in [3.05, 3.63) is 53.4 Å². The van der Waals surface area contributed by atoms with Crippen LogP contribution in [0.25, 0.3) is 0 Å². The normalized spacial score (nSPS) is 20.7. The lowest BCUT2D eigenvalue weighted by Crippen LogP contribution is -2.36. The molecule has 2 aliphatic heterocycles. The van der Waals surface area contributed by atoms with Gasteiger partial charge in [-0.15, -0.1) is 0 Å². The Hall–Kier alpha value is -2.34. The summed E-state index contributed by atoms with van der Waals surface area (Å²) in [7, 11) is 0. The Morgan fingerprint density at radius 1 is 1.23 bits per heavy atom. The van der Waals surface area contributed by atoms with Crippen LogP contribution in [-0.4, -0.2) is 43.7 Å². The average Bonchev–Trinajstić information content (AvgIpc) is 2.68. The molecule has 4 heterocycles. The number of hydrogen-bond acceptors (Lipinski definition) is 5. The van der Waals surface area contributed by atoms with Gasteiger partial charge in [0.25, 0.3) is 0 Å². The fourth-order valence-corrected chi connectivity index (χ4v) is 3.96. The highest BCUT2D eigenvalue weighted by Gasteiger charge is 2.28. The van der Waals surface area contributed by atoms with Crippen LogP contribution in [0, 0.1) is 0 Å². The van der Waals surface area contributed by atoms with E-state index in [0.717, 1.165) is 49.6 Å². The molecule has 136 valence electrons. The predicted octanol–water partition coefficient (Wildman–Crippen LogP) is 2.50. The van der Waals surface area contributed by atoms with Crippen LogP contribution in [0.2, 0.25) is 0 Å². The zero-order chi connectivity index (χ0) is 17.9. The van der Waals surface area contributed by atoms with Crippen LogP contribution in [0.5, 0.6) is 0 Å². The summed E-state index contributed by atoms with van der Waals surface area (Å²) in [5.74, 6) is 1.06. The molecule has 0 saturated carbocycles. The fraction of sp³-hybridized carbons (Fsp3) is 0.500. The number of piperidine rings is 1. The molecule has 1 saturated heterocycles. The van der Waals surface area contributed by atoms with Crippen LogP contribution in [0.3, 0.4) is 0 Å². The Balaban J connectivity index is 1.54. The van der Waals surface area contributed by atoms with Crippen molar-refractivity contribution < 1.29 is 4.79 Å². The molecule has 6 heteroatoms. The standard InChI is InChI=1S/C20H25N5O/c1-15(26)24-11-7-18-17(14-24)12-22-20(23-18)19-4-2-3-10-25(19)13-16-5-8-21-9-6-16/h5-6,8-9,12,19H,2-4,7,10-11,13-14H2,1H3. The van der Waals surface area contributed by atoms with Crippen LogP contribution in [0.15, 0.2) is 30.7 Å². The van der Waals surface area contributed by atoms with Gasteiger partial charge in [0.1, 0.15) is 5.82 Å². The number of pyridine rings is 1. The number of rotatable bonds is 3. The molecule has 2 aliphatic rings. The molecule has 0 bridgehead atoms. The van der Waals surface area contributed by atoms with E-state index in [0.29, 0.717) is 6.54 Å². The second kappa shape index (κ2) is 7.50. The molecule has 1 fully saturated rings. The quantitative estimate of drug-likeness (QED) is 0.850. The van der Waals surface area contributed by atoms with E-state index in [2.05, 4.69) is 22.0 Å². The van der Waals surface area contributed by atoms with E-state index in [1.807, 2.05) is 23.5 Å². The Labute approximate surface area is 154 Å². The highest BCUT2D eigenvalue weighted by molar-refractivity contribution is 5.73. The summed E-state index contributed by atoms with van der Waals surface area (Å²) in [6, 6.07) is 4.43. The molecule has 0 aromatic carbocycles. The lowest BCUT2D eigenvalue weighted by atomic mass is 9.99. The lowest BCUT2D eigenvalue weighted by molar-refractivity contribution is -0.129. The Bertz CT molecular complexity index is 779. The zero-order valence-electron chi connectivity index (χ0n) is 15.3. The number of likely N-dealkylation sites (tertiary alicyclic amines) is 1. The summed E-state index contributed by atoms with van der Waals surface area (Å²) in [5.41, 5.74) is 3.48. The van der Waals surface area contributed by atoms with Crippen LogP contribution >= 0.6 is 0 Å². The SMILES string of the molecule is CC(=O)N1CCc2nc(C3CCCCN3Cc3ccncc3)ncc2C1. The topological polar surface area (TPSA) is 62.2 Å². The highest BCUT2D eigenvalue weighted by atomic mass is 16.2. The number of carbonyl (C=O) groups excluding carboxylic acids is 1. The van der Waals surface area contributed by atoms with Gasteiger partial charge in [-0.1, -0.05) is 6.42 Å². The van der Waals surface area contributed by atoms with E-state index in [4.69, 9.17) is 9.97 Å². The average molecular weight is 351 g/mol. The number of nitrogens with zero attached hydrogens (tertiary/aromatic N) is 5. The number of fused-ring (bicyclic) bond motifs is 1. The van der Waals surface area contributed by atoms with Crippen molar-refractivity contribution in [1.82, 2.24) is 24.8 Å². The number of amides is 1. The Morgan fingerprint density at radius 3 is 2.88 bits per heavy atom. The first-order valence-corrected chi connectivity index (χ1v) is 9.44. The van der Waals surface area contributed by atoms with Gasteiger partial charge >= 0.3 is 0 Å². The van der Waals surface area contributed by atoms with Crippen LogP contribution in [0.1, 0.15) is 54.9 Å². The van der Waals surface area contributed by atoms with Crippen LogP contribution in [-0.2, 0) is 24.3 Å². The summed E-state index contributed by atoms with van der Waals surface area (Å²) < 4.78 is 0. The van der Waals surface area contributed by atoms with Crippen molar-refractivity contribution in [2.24, 2.45) is 0 Å². The molecule has 6 nitrogen and oxygen atoms in total. The summed E-state index contributed by atoms with van der Waals surface area (Å²) >= 11 is 0. The Morgan fingerprint density at radius 2 is 2.08 bits per heavy atom. The van der Waals surface area contributed by atoms with Crippen LogP contribution in [0.4, 0.5) is 0 Å². The van der Waals surface area contributed by atoms with Gasteiger partial charge in [-0.2, -0.15) is 0 Å². The third kappa shape index (κ3) is 3.60. The van der Waals surface area contributed by atoms with Gasteiger partial charge in [-0.3, -0.25) is 14.7 Å². The number of hydrogen-bond donors (Lipinski definition) is 0. The van der Waals surface area contributed by atoms with Crippen molar-refractivity contribution in [3.63, 3.8) is 0 Å². The number of aromatic nitrogens is 3. The second-order valence-electron chi connectivity index (χ2n) is 7.23. The molecule has 0 N–H and O–H groups in total. The van der Waals surface area contributed by atoms with Crippen molar-refractivity contribution in [1.29, 1.82) is 0 Å². The molecule has 0 radical (unpaired) electrons. The lowest BCUT2D eigenvalue weighted by Gasteiger charge is -2.35. The molecular weight excluding hydrogens is 326 g/mol. The first kappa shape index (κ1) is 17.1. The minimum Gasteiger partial charge on any atom is -0.338 e. The molecule has 1 atom stereocenters. The van der Waals surface area contributed by atoms with Gasteiger partial charge in [0.2, 0.25) is 5.91 Å². The van der Waals surface area contributed by atoms with Crippen molar-refractivity contribution in [2.75, 3.05) is 13.1 Å². The molecule has 0 aliphatic carbocycles. The fourth-order valence-electron chi connectivity index (χ4n) is 3.96. The van der Waals surface area contributed by atoms with Crippen molar-refractivity contribution in [3.8, 4) is 0 Å². The minimum absolute atomic E-state index is 0.121. The summed E-state index contributed by atoms with van der Waals surface area (Å²) in [6.45, 7) is 5.00. The maximum Gasteiger partial charge on any atom is 0.219 e. The van der Waals surface area contributed by atoms with E-state index >= 15 is 0 Å². The second-order valence-corrected chi connectivity index (χ2v) is 7.23. The van der Waals surface area contributed by atoms with Gasteiger partial charge in [0.05, 0.1) is 11.7 Å². The molecule has 4 rings (SSSR count). The molecule has 2 aromatic heterocycles. The number of carbonyl (C=O) groups is 1. The van der Waals surface area contributed by atoms with E-state index < -0.39 is 0 Å². The maximum atomic E-state index is 11.6. The summed E-state index contributed by atoms with van der Waals surface area (Å²) in [4.78, 5) is 29.7. The monoisotopic (exact) mass is 351 g/mol. The van der Waals surface area contributed by atoms with E-state index in [1.54, 1.807) is 6.92 Å². The molecule has 1 unspecified atom stereocenters. The predicted molar refractivity (Wildman–Crippen MR) is 98.1 cm³/mol. The van der Waals surface area contributed by atoms with Gasteiger partial charge < -0.3 is 4.90 Å².